The second-order valence-corrected chi connectivity index (χ2v) is 7.07. The Morgan fingerprint density at radius 3 is 2.76 bits per heavy atom. The first-order valence-corrected chi connectivity index (χ1v) is 8.94. The van der Waals surface area contributed by atoms with Gasteiger partial charge in [-0.25, -0.2) is 0 Å². The van der Waals surface area contributed by atoms with E-state index in [1.54, 1.807) is 0 Å². The molecule has 2 heterocycles. The topological polar surface area (TPSA) is 41.6 Å². The summed E-state index contributed by atoms with van der Waals surface area (Å²) >= 11 is 0. The van der Waals surface area contributed by atoms with Gasteiger partial charge in [0.1, 0.15) is 0 Å². The van der Waals surface area contributed by atoms with Gasteiger partial charge >= 0.3 is 0 Å². The number of nitrogens with one attached hydrogen (secondary N) is 1. The van der Waals surface area contributed by atoms with Gasteiger partial charge in [-0.1, -0.05) is 32.6 Å². The van der Waals surface area contributed by atoms with Crippen molar-refractivity contribution < 1.29 is 9.53 Å². The fourth-order valence-electron chi connectivity index (χ4n) is 4.19. The van der Waals surface area contributed by atoms with Gasteiger partial charge in [-0.15, -0.1) is 0 Å². The zero-order valence-corrected chi connectivity index (χ0v) is 13.4. The van der Waals surface area contributed by atoms with Gasteiger partial charge in [0.2, 0.25) is 5.91 Å². The highest BCUT2D eigenvalue weighted by Crippen LogP contribution is 2.33. The molecular weight excluding hydrogens is 264 g/mol. The van der Waals surface area contributed by atoms with E-state index in [-0.39, 0.29) is 6.04 Å². The Kier molecular flexibility index (Phi) is 5.17. The maximum Gasteiger partial charge on any atom is 0.241 e. The number of hydrogen-bond donors (Lipinski definition) is 1. The molecule has 21 heavy (non-hydrogen) atoms. The predicted molar refractivity (Wildman–Crippen MR) is 82.8 cm³/mol. The normalized spacial score (nSPS) is 34.2. The van der Waals surface area contributed by atoms with Crippen LogP contribution in [0.4, 0.5) is 0 Å². The first-order valence-electron chi connectivity index (χ1n) is 8.94. The number of unbranched alkanes of at least 4 members (excludes halogenated alkanes) is 1. The van der Waals surface area contributed by atoms with Crippen molar-refractivity contribution in [1.82, 2.24) is 10.2 Å². The van der Waals surface area contributed by atoms with Gasteiger partial charge < -0.3 is 9.64 Å². The monoisotopic (exact) mass is 294 g/mol. The minimum Gasteiger partial charge on any atom is -0.381 e. The molecule has 3 fully saturated rings. The zero-order chi connectivity index (χ0) is 14.7. The molecule has 4 nitrogen and oxygen atoms in total. The molecule has 0 aromatic carbocycles. The predicted octanol–water partition coefficient (Wildman–Crippen LogP) is 2.53. The van der Waals surface area contributed by atoms with Crippen LogP contribution in [0, 0.1) is 11.8 Å². The summed E-state index contributed by atoms with van der Waals surface area (Å²) in [6.45, 7) is 4.80. The third-order valence-corrected chi connectivity index (χ3v) is 5.46. The molecule has 1 aliphatic carbocycles. The second kappa shape index (κ2) is 7.10. The minimum atomic E-state index is 0.0675. The van der Waals surface area contributed by atoms with Crippen molar-refractivity contribution in [3.8, 4) is 0 Å². The Balaban J connectivity index is 1.66. The molecule has 2 saturated heterocycles. The van der Waals surface area contributed by atoms with E-state index in [1.165, 1.54) is 25.7 Å². The molecule has 0 aromatic heterocycles. The highest BCUT2D eigenvalue weighted by molar-refractivity contribution is 5.84. The lowest BCUT2D eigenvalue weighted by Crippen LogP contribution is -2.44. The first kappa shape index (κ1) is 15.3. The summed E-state index contributed by atoms with van der Waals surface area (Å²) in [5.74, 6) is 1.57. The van der Waals surface area contributed by atoms with Gasteiger partial charge in [-0.3, -0.25) is 10.1 Å². The van der Waals surface area contributed by atoms with Gasteiger partial charge in [-0.2, -0.15) is 0 Å². The van der Waals surface area contributed by atoms with E-state index in [2.05, 4.69) is 17.1 Å². The van der Waals surface area contributed by atoms with E-state index in [0.717, 1.165) is 45.4 Å². The standard InChI is InChI=1S/C17H30N2O2/c1-2-3-8-15-17(20)19(11-13-9-10-21-12-13)16(18-15)14-6-4-5-7-14/h13-16,18H,2-12H2,1H3. The minimum absolute atomic E-state index is 0.0675. The lowest BCUT2D eigenvalue weighted by molar-refractivity contribution is -0.131. The second-order valence-electron chi connectivity index (χ2n) is 7.07. The summed E-state index contributed by atoms with van der Waals surface area (Å²) in [6.07, 6.45) is 9.93. The van der Waals surface area contributed by atoms with Crippen LogP contribution in [-0.4, -0.2) is 42.8 Å². The Hall–Kier alpha value is -0.610. The maximum atomic E-state index is 12.8. The molecule has 3 atom stereocenters. The summed E-state index contributed by atoms with van der Waals surface area (Å²) in [7, 11) is 0. The molecule has 2 aliphatic heterocycles. The molecule has 1 amide bonds. The van der Waals surface area contributed by atoms with Crippen LogP contribution in [0.3, 0.4) is 0 Å². The van der Waals surface area contributed by atoms with Crippen LogP contribution in [0.1, 0.15) is 58.3 Å². The van der Waals surface area contributed by atoms with E-state index in [0.29, 0.717) is 23.9 Å². The smallest absolute Gasteiger partial charge is 0.241 e. The average molecular weight is 294 g/mol. The zero-order valence-electron chi connectivity index (χ0n) is 13.4. The Labute approximate surface area is 128 Å². The molecule has 3 unspecified atom stereocenters. The molecule has 120 valence electrons. The van der Waals surface area contributed by atoms with E-state index < -0.39 is 0 Å². The summed E-state index contributed by atoms with van der Waals surface area (Å²) in [5.41, 5.74) is 0. The van der Waals surface area contributed by atoms with Gasteiger partial charge in [0.05, 0.1) is 18.8 Å². The first-order chi connectivity index (χ1) is 10.3. The SMILES string of the molecule is CCCCC1NC(C2CCCC2)N(CC2CCOC2)C1=O. The van der Waals surface area contributed by atoms with Crippen LogP contribution in [0.15, 0.2) is 0 Å². The Morgan fingerprint density at radius 2 is 2.10 bits per heavy atom. The highest BCUT2D eigenvalue weighted by Gasteiger charge is 2.43. The van der Waals surface area contributed by atoms with Crippen LogP contribution < -0.4 is 5.32 Å². The number of rotatable bonds is 6. The summed E-state index contributed by atoms with van der Waals surface area (Å²) < 4.78 is 5.50. The molecule has 3 aliphatic rings. The average Bonchev–Trinajstić information content (AvgIpc) is 3.21. The summed E-state index contributed by atoms with van der Waals surface area (Å²) in [6, 6.07) is 0.0675. The molecule has 1 N–H and O–H groups in total. The number of carbonyl (C=O) groups is 1. The van der Waals surface area contributed by atoms with Gasteiger partial charge in [0.15, 0.2) is 0 Å². The molecule has 4 heteroatoms. The van der Waals surface area contributed by atoms with E-state index in [1.807, 2.05) is 0 Å². The Morgan fingerprint density at radius 1 is 1.29 bits per heavy atom. The van der Waals surface area contributed by atoms with Gasteiger partial charge in [-0.05, 0) is 31.6 Å². The largest absolute Gasteiger partial charge is 0.381 e. The number of hydrogen-bond acceptors (Lipinski definition) is 3. The van der Waals surface area contributed by atoms with Crippen LogP contribution in [0.25, 0.3) is 0 Å². The van der Waals surface area contributed by atoms with E-state index in [4.69, 9.17) is 4.74 Å². The number of nitrogens with zero attached hydrogens (tertiary/aromatic N) is 1. The Bertz CT molecular complexity index is 349. The third-order valence-electron chi connectivity index (χ3n) is 5.46. The van der Waals surface area contributed by atoms with E-state index >= 15 is 0 Å². The van der Waals surface area contributed by atoms with Crippen molar-refractivity contribution in [3.05, 3.63) is 0 Å². The van der Waals surface area contributed by atoms with Crippen molar-refractivity contribution in [2.75, 3.05) is 19.8 Å². The molecular formula is C17H30N2O2. The molecule has 0 radical (unpaired) electrons. The van der Waals surface area contributed by atoms with Crippen LogP contribution in [0.2, 0.25) is 0 Å². The fourth-order valence-corrected chi connectivity index (χ4v) is 4.19. The number of ether oxygens (including phenoxy) is 1. The van der Waals surface area contributed by atoms with Crippen molar-refractivity contribution in [2.45, 2.75) is 70.5 Å². The van der Waals surface area contributed by atoms with Crippen molar-refractivity contribution >= 4 is 5.91 Å². The summed E-state index contributed by atoms with van der Waals surface area (Å²) in [4.78, 5) is 15.0. The molecule has 0 aromatic rings. The van der Waals surface area contributed by atoms with Crippen LogP contribution in [0.5, 0.6) is 0 Å². The maximum absolute atomic E-state index is 12.8. The molecule has 0 spiro atoms. The molecule has 1 saturated carbocycles. The number of amides is 1. The van der Waals surface area contributed by atoms with Crippen molar-refractivity contribution in [1.29, 1.82) is 0 Å². The lowest BCUT2D eigenvalue weighted by atomic mass is 10.0. The molecule has 0 bridgehead atoms. The third kappa shape index (κ3) is 3.42. The van der Waals surface area contributed by atoms with Gasteiger partial charge in [0, 0.05) is 19.1 Å². The molecule has 3 rings (SSSR count). The van der Waals surface area contributed by atoms with Crippen LogP contribution >= 0.6 is 0 Å². The fraction of sp³-hybridized carbons (Fsp3) is 0.941. The number of carbonyl (C=O) groups excluding carboxylic acids is 1. The van der Waals surface area contributed by atoms with Crippen molar-refractivity contribution in [2.24, 2.45) is 11.8 Å². The van der Waals surface area contributed by atoms with Crippen LogP contribution in [-0.2, 0) is 9.53 Å². The van der Waals surface area contributed by atoms with E-state index in [9.17, 15) is 4.79 Å². The summed E-state index contributed by atoms with van der Waals surface area (Å²) in [5, 5.41) is 3.68. The lowest BCUT2D eigenvalue weighted by Gasteiger charge is -2.30. The van der Waals surface area contributed by atoms with Crippen molar-refractivity contribution in [3.63, 3.8) is 0 Å². The quantitative estimate of drug-likeness (QED) is 0.818. The van der Waals surface area contributed by atoms with Gasteiger partial charge in [0.25, 0.3) is 0 Å². The highest BCUT2D eigenvalue weighted by atomic mass is 16.5.